The van der Waals surface area contributed by atoms with E-state index in [0.717, 1.165) is 23.4 Å². The number of halogens is 4. The first-order valence-electron chi connectivity index (χ1n) is 20.1. The molecule has 3 heterocycles. The Kier molecular flexibility index (Phi) is 13.3. The van der Waals surface area contributed by atoms with Gasteiger partial charge in [-0.15, -0.1) is 0 Å². The minimum absolute atomic E-state index is 0.00321. The molecule has 3 aliphatic rings. The molecule has 6 atom stereocenters. The van der Waals surface area contributed by atoms with Gasteiger partial charge in [-0.05, 0) is 79.3 Å². The number of benzene rings is 3. The average Bonchev–Trinajstić information content (AvgIpc) is 3.45. The number of aliphatic hydroxyl groups is 1. The van der Waals surface area contributed by atoms with Crippen LogP contribution in [0, 0.1) is 17.8 Å². The van der Waals surface area contributed by atoms with Crippen LogP contribution in [0.25, 0.3) is 0 Å². The highest BCUT2D eigenvalue weighted by molar-refractivity contribution is 5.95. The van der Waals surface area contributed by atoms with Crippen molar-refractivity contribution in [3.05, 3.63) is 76.9 Å². The Balaban J connectivity index is 1.15. The average molecular weight is 823 g/mol. The molecule has 2 amide bonds. The number of ether oxygens (including phenoxy) is 1. The highest BCUT2D eigenvalue weighted by Crippen LogP contribution is 2.44. The maximum absolute atomic E-state index is 15.0. The third-order valence-corrected chi connectivity index (χ3v) is 11.8. The fraction of sp³-hybridized carbons (Fsp3) is 0.500. The number of likely N-dealkylation sites (N-methyl/N-ethyl adjacent to an activating group) is 2. The molecule has 3 aliphatic heterocycles. The molecule has 59 heavy (non-hydrogen) atoms. The summed E-state index contributed by atoms with van der Waals surface area (Å²) in [5.74, 6) is 6.13. The minimum atomic E-state index is -4.46. The van der Waals surface area contributed by atoms with Gasteiger partial charge in [0.25, 0.3) is 5.91 Å². The molecule has 0 bridgehead atoms. The zero-order valence-corrected chi connectivity index (χ0v) is 34.5. The van der Waals surface area contributed by atoms with Crippen molar-refractivity contribution in [3.63, 3.8) is 0 Å². The zero-order valence-electron chi connectivity index (χ0n) is 34.5. The number of methoxy groups -OCH3 is 1. The first-order valence-corrected chi connectivity index (χ1v) is 20.1. The molecule has 6 rings (SSSR count). The Morgan fingerprint density at radius 1 is 1.10 bits per heavy atom. The van der Waals surface area contributed by atoms with Crippen LogP contribution < -0.4 is 35.4 Å². The third kappa shape index (κ3) is 9.88. The summed E-state index contributed by atoms with van der Waals surface area (Å²) in [7, 11) is 6.79. The SMILES string of the molecule is COc1ccc(C(=O)NCc2ccc3c(c2)N(C)[C@@H](C(C)C)C(=O)N[C@H](CO)C3)cc1NCC#CC1Cc2c(N[C@@H]3CCN(C)C[C@@H]3F)cccc2[N+]1(C)CC(F)(F)F. The van der Waals surface area contributed by atoms with Crippen molar-refractivity contribution in [2.45, 2.75) is 76.2 Å². The maximum Gasteiger partial charge on any atom is 0.438 e. The highest BCUT2D eigenvalue weighted by Gasteiger charge is 2.51. The Hall–Kier alpha value is -5.04. The third-order valence-electron chi connectivity index (χ3n) is 11.8. The number of likely N-dealkylation sites (tertiary alicyclic amines) is 1. The lowest BCUT2D eigenvalue weighted by atomic mass is 9.94. The van der Waals surface area contributed by atoms with Crippen LogP contribution in [-0.4, -0.2) is 119 Å². The molecule has 0 spiro atoms. The molecular formula is C44H56F4N7O4+. The number of hydrogen-bond donors (Lipinski definition) is 5. The maximum atomic E-state index is 15.0. The molecule has 1 saturated heterocycles. The number of carbonyl (C=O) groups excluding carboxylic acids is 2. The second kappa shape index (κ2) is 18.1. The van der Waals surface area contributed by atoms with Crippen molar-refractivity contribution in [1.29, 1.82) is 0 Å². The number of aliphatic hydroxyl groups excluding tert-OH is 1. The molecular weight excluding hydrogens is 767 g/mol. The fourth-order valence-corrected chi connectivity index (χ4v) is 8.74. The predicted molar refractivity (Wildman–Crippen MR) is 224 cm³/mol. The number of quaternary nitrogens is 1. The number of alkyl halides is 4. The number of amides is 2. The summed E-state index contributed by atoms with van der Waals surface area (Å²) in [6.07, 6.45) is -4.26. The van der Waals surface area contributed by atoms with Crippen LogP contribution in [0.4, 0.5) is 40.3 Å². The quantitative estimate of drug-likeness (QED) is 0.103. The van der Waals surface area contributed by atoms with Gasteiger partial charge in [-0.3, -0.25) is 14.1 Å². The number of nitrogens with one attached hydrogen (secondary N) is 4. The van der Waals surface area contributed by atoms with E-state index in [1.807, 2.05) is 55.9 Å². The van der Waals surface area contributed by atoms with E-state index in [9.17, 15) is 32.3 Å². The van der Waals surface area contributed by atoms with Crippen molar-refractivity contribution in [2.75, 3.05) is 76.6 Å². The lowest BCUT2D eigenvalue weighted by molar-refractivity contribution is -0.142. The minimum Gasteiger partial charge on any atom is -0.495 e. The summed E-state index contributed by atoms with van der Waals surface area (Å²) >= 11 is 0. The number of rotatable bonds is 11. The standard InChI is InChI=1S/C44H55F4N7O4/c1-27(2)41-43(58)51-31(25-56)20-29-13-12-28(19-38(29)54(41)4)23-50-42(57)30-14-15-40(59-6)37(21-30)49-17-8-9-32-22-33-35(52-36-16-18-53(3)24-34(36)45)10-7-11-39(33)55(32,5)26-44(46,47)48/h7,10-15,19,21,27,31-32,34,36,41,49,52,56H,16-18,20,22-26H2,1-6H3,(H-,50,51,57,58)/p+1/t31-,32?,34-,36+,41-,55?/m0/s1. The Morgan fingerprint density at radius 3 is 2.58 bits per heavy atom. The van der Waals surface area contributed by atoms with Crippen molar-refractivity contribution in [1.82, 2.24) is 20.0 Å². The topological polar surface area (TPSA) is 118 Å². The number of nitrogens with zero attached hydrogens (tertiary/aromatic N) is 3. The van der Waals surface area contributed by atoms with E-state index in [-0.39, 0.29) is 50.4 Å². The fourth-order valence-electron chi connectivity index (χ4n) is 8.74. The van der Waals surface area contributed by atoms with Gasteiger partial charge in [-0.2, -0.15) is 13.2 Å². The van der Waals surface area contributed by atoms with Crippen molar-refractivity contribution in [3.8, 4) is 17.6 Å². The summed E-state index contributed by atoms with van der Waals surface area (Å²) in [6.45, 7) is 3.95. The van der Waals surface area contributed by atoms with Gasteiger partial charge in [0.15, 0.2) is 12.6 Å². The van der Waals surface area contributed by atoms with Gasteiger partial charge in [-0.1, -0.05) is 38.0 Å². The lowest BCUT2D eigenvalue weighted by Gasteiger charge is -2.37. The molecule has 318 valence electrons. The molecule has 11 nitrogen and oxygen atoms in total. The molecule has 3 aromatic carbocycles. The Bertz CT molecular complexity index is 2070. The molecule has 0 aromatic heterocycles. The monoisotopic (exact) mass is 822 g/mol. The molecule has 2 unspecified atom stereocenters. The van der Waals surface area contributed by atoms with Crippen LogP contribution in [0.15, 0.2) is 54.6 Å². The van der Waals surface area contributed by atoms with Crippen LogP contribution in [-0.2, 0) is 24.2 Å². The van der Waals surface area contributed by atoms with E-state index >= 15 is 0 Å². The summed E-state index contributed by atoms with van der Waals surface area (Å²) in [6, 6.07) is 14.0. The van der Waals surface area contributed by atoms with Gasteiger partial charge in [0.2, 0.25) is 5.91 Å². The summed E-state index contributed by atoms with van der Waals surface area (Å²) in [5.41, 5.74) is 5.38. The summed E-state index contributed by atoms with van der Waals surface area (Å²) in [4.78, 5) is 30.4. The van der Waals surface area contributed by atoms with E-state index in [2.05, 4.69) is 33.1 Å². The van der Waals surface area contributed by atoms with E-state index in [1.54, 1.807) is 43.4 Å². The van der Waals surface area contributed by atoms with Crippen molar-refractivity contribution >= 4 is 34.6 Å². The van der Waals surface area contributed by atoms with Crippen LogP contribution in [0.3, 0.4) is 0 Å². The van der Waals surface area contributed by atoms with Crippen molar-refractivity contribution < 1.29 is 37.0 Å². The Labute approximate surface area is 344 Å². The molecule has 5 N–H and O–H groups in total. The first kappa shape index (κ1) is 43.5. The predicted octanol–water partition coefficient (Wildman–Crippen LogP) is 5.11. The van der Waals surface area contributed by atoms with Gasteiger partial charge in [0.05, 0.1) is 45.1 Å². The highest BCUT2D eigenvalue weighted by atomic mass is 19.4. The second-order valence-corrected chi connectivity index (χ2v) is 16.5. The van der Waals surface area contributed by atoms with Gasteiger partial charge in [0, 0.05) is 55.6 Å². The number of fused-ring (bicyclic) bond motifs is 2. The zero-order chi connectivity index (χ0) is 42.6. The number of hydrogen-bond acceptors (Lipinski definition) is 8. The summed E-state index contributed by atoms with van der Waals surface area (Å²) < 4.78 is 62.4. The molecule has 0 radical (unpaired) electrons. The van der Waals surface area contributed by atoms with Gasteiger partial charge in [-0.25, -0.2) is 4.39 Å². The lowest BCUT2D eigenvalue weighted by Crippen LogP contribution is -2.55. The Morgan fingerprint density at radius 2 is 1.88 bits per heavy atom. The van der Waals surface area contributed by atoms with E-state index < -0.39 is 47.5 Å². The van der Waals surface area contributed by atoms with Crippen LogP contribution >= 0.6 is 0 Å². The van der Waals surface area contributed by atoms with E-state index in [1.165, 1.54) is 7.11 Å². The smallest absolute Gasteiger partial charge is 0.438 e. The summed E-state index contributed by atoms with van der Waals surface area (Å²) in [5, 5.41) is 22.3. The van der Waals surface area contributed by atoms with Gasteiger partial charge in [0.1, 0.15) is 23.7 Å². The van der Waals surface area contributed by atoms with Crippen LogP contribution in [0.2, 0.25) is 0 Å². The number of carbonyl (C=O) groups is 2. The van der Waals surface area contributed by atoms with E-state index in [0.29, 0.717) is 46.8 Å². The van der Waals surface area contributed by atoms with Gasteiger partial charge >= 0.3 is 6.18 Å². The van der Waals surface area contributed by atoms with Crippen LogP contribution in [0.5, 0.6) is 5.75 Å². The molecule has 1 fully saturated rings. The molecule has 0 saturated carbocycles. The van der Waals surface area contributed by atoms with Crippen LogP contribution in [0.1, 0.15) is 47.3 Å². The number of anilines is 3. The first-order chi connectivity index (χ1) is 28.0. The molecule has 15 heteroatoms. The molecule has 0 aliphatic carbocycles. The number of piperidine rings is 1. The molecule has 3 aromatic rings. The van der Waals surface area contributed by atoms with Gasteiger partial charge < -0.3 is 40.9 Å². The van der Waals surface area contributed by atoms with E-state index in [4.69, 9.17) is 4.74 Å². The van der Waals surface area contributed by atoms with Crippen molar-refractivity contribution in [2.24, 2.45) is 5.92 Å². The largest absolute Gasteiger partial charge is 0.495 e. The normalized spacial score (nSPS) is 24.5. The second-order valence-electron chi connectivity index (χ2n) is 16.5.